The lowest BCUT2D eigenvalue weighted by molar-refractivity contribution is 0.0955. The zero-order chi connectivity index (χ0) is 18.8. The number of ether oxygens (including phenoxy) is 2. The maximum atomic E-state index is 12.1. The normalized spacial score (nSPS) is 10.5. The molecule has 2 aromatic rings. The van der Waals surface area contributed by atoms with Crippen LogP contribution < -0.4 is 14.9 Å². The summed E-state index contributed by atoms with van der Waals surface area (Å²) in [5.74, 6) is 1.01. The minimum Gasteiger partial charge on any atom is -0.494 e. The van der Waals surface area contributed by atoms with E-state index < -0.39 is 0 Å². The van der Waals surface area contributed by atoms with Gasteiger partial charge in [0.05, 0.1) is 12.8 Å². The summed E-state index contributed by atoms with van der Waals surface area (Å²) in [4.78, 5) is 12.1. The Kier molecular flexibility index (Phi) is 7.71. The third-order valence-corrected chi connectivity index (χ3v) is 3.52. The molecule has 0 saturated carbocycles. The van der Waals surface area contributed by atoms with Gasteiger partial charge in [0.1, 0.15) is 18.1 Å². The molecule has 0 spiro atoms. The molecule has 1 N–H and O–H groups in total. The van der Waals surface area contributed by atoms with Crippen molar-refractivity contribution in [3.63, 3.8) is 0 Å². The molecule has 0 aliphatic rings. The Morgan fingerprint density at radius 2 is 2.00 bits per heavy atom. The van der Waals surface area contributed by atoms with Crippen LogP contribution in [0.1, 0.15) is 29.3 Å². The van der Waals surface area contributed by atoms with Crippen LogP contribution >= 0.6 is 11.6 Å². The van der Waals surface area contributed by atoms with Crippen molar-refractivity contribution in [3.05, 3.63) is 71.3 Å². The minimum absolute atomic E-state index is 0.320. The van der Waals surface area contributed by atoms with Gasteiger partial charge in [0.15, 0.2) is 0 Å². The molecule has 0 fully saturated rings. The fraction of sp³-hybridized carbons (Fsp3) is 0.200. The van der Waals surface area contributed by atoms with Crippen LogP contribution in [0.4, 0.5) is 0 Å². The molecule has 0 bridgehead atoms. The Labute approximate surface area is 158 Å². The van der Waals surface area contributed by atoms with Gasteiger partial charge < -0.3 is 9.47 Å². The molecule has 0 atom stereocenters. The first-order chi connectivity index (χ1) is 12.6. The number of nitrogens with zero attached hydrogens (tertiary/aromatic N) is 1. The van der Waals surface area contributed by atoms with E-state index >= 15 is 0 Å². The third-order valence-electron chi connectivity index (χ3n) is 3.29. The second-order valence-electron chi connectivity index (χ2n) is 5.35. The molecule has 2 aromatic carbocycles. The van der Waals surface area contributed by atoms with Gasteiger partial charge in [-0.3, -0.25) is 4.79 Å². The van der Waals surface area contributed by atoms with E-state index in [2.05, 4.69) is 17.1 Å². The number of hydrogen-bond donors (Lipinski definition) is 1. The number of nitrogens with one attached hydrogen (secondary N) is 1. The van der Waals surface area contributed by atoms with E-state index in [-0.39, 0.29) is 5.91 Å². The average molecular weight is 373 g/mol. The van der Waals surface area contributed by atoms with Gasteiger partial charge in [-0.2, -0.15) is 5.10 Å². The smallest absolute Gasteiger partial charge is 0.271 e. The fourth-order valence-corrected chi connectivity index (χ4v) is 2.23. The van der Waals surface area contributed by atoms with Gasteiger partial charge in [-0.05, 0) is 48.9 Å². The van der Waals surface area contributed by atoms with Gasteiger partial charge in [-0.1, -0.05) is 31.2 Å². The predicted octanol–water partition coefficient (Wildman–Crippen LogP) is 4.46. The Morgan fingerprint density at radius 1 is 1.23 bits per heavy atom. The molecule has 0 aliphatic carbocycles. The van der Waals surface area contributed by atoms with E-state index in [0.717, 1.165) is 12.2 Å². The van der Waals surface area contributed by atoms with Gasteiger partial charge in [0.25, 0.3) is 5.91 Å². The molecule has 26 heavy (non-hydrogen) atoms. The maximum absolute atomic E-state index is 12.1. The summed E-state index contributed by atoms with van der Waals surface area (Å²) in [6.07, 6.45) is 4.06. The lowest BCUT2D eigenvalue weighted by Crippen LogP contribution is -2.17. The van der Waals surface area contributed by atoms with Crippen molar-refractivity contribution in [1.82, 2.24) is 5.43 Å². The molecule has 2 rings (SSSR count). The lowest BCUT2D eigenvalue weighted by Gasteiger charge is -2.07. The first-order valence-corrected chi connectivity index (χ1v) is 8.61. The molecular formula is C20H21ClN2O3. The molecular weight excluding hydrogens is 352 g/mol. The van der Waals surface area contributed by atoms with Crippen LogP contribution in [0.25, 0.3) is 0 Å². The number of carbonyl (C=O) groups is 1. The van der Waals surface area contributed by atoms with E-state index in [1.54, 1.807) is 48.5 Å². The molecule has 136 valence electrons. The summed E-state index contributed by atoms with van der Waals surface area (Å²) in [5, 5.41) is 4.53. The van der Waals surface area contributed by atoms with Crippen molar-refractivity contribution in [1.29, 1.82) is 0 Å². The van der Waals surface area contributed by atoms with Crippen molar-refractivity contribution < 1.29 is 14.3 Å². The average Bonchev–Trinajstić information content (AvgIpc) is 2.66. The monoisotopic (exact) mass is 372 g/mol. The lowest BCUT2D eigenvalue weighted by atomic mass is 10.2. The summed E-state index contributed by atoms with van der Waals surface area (Å²) in [7, 11) is 0. The van der Waals surface area contributed by atoms with Gasteiger partial charge >= 0.3 is 0 Å². The van der Waals surface area contributed by atoms with E-state index in [0.29, 0.717) is 35.1 Å². The van der Waals surface area contributed by atoms with Crippen LogP contribution in [0.3, 0.4) is 0 Å². The Morgan fingerprint density at radius 3 is 2.69 bits per heavy atom. The summed E-state index contributed by atoms with van der Waals surface area (Å²) in [6, 6.07) is 12.1. The first-order valence-electron chi connectivity index (χ1n) is 8.23. The van der Waals surface area contributed by atoms with Crippen LogP contribution in [-0.4, -0.2) is 25.3 Å². The van der Waals surface area contributed by atoms with Gasteiger partial charge in [-0.25, -0.2) is 5.43 Å². The molecule has 0 aliphatic heterocycles. The molecule has 6 heteroatoms. The third kappa shape index (κ3) is 5.93. The van der Waals surface area contributed by atoms with E-state index in [9.17, 15) is 4.79 Å². The standard InChI is InChI=1S/C20H21ClN2O3/c1-3-11-25-18-8-5-15(6-9-18)20(24)23-22-14-16-13-17(21)7-10-19(16)26-12-4-2/h4-10,13-14H,2-3,11-12H2,1H3,(H,23,24)/b22-14+. The molecule has 0 saturated heterocycles. The highest BCUT2D eigenvalue weighted by Gasteiger charge is 2.06. The van der Waals surface area contributed by atoms with Gasteiger partial charge in [0, 0.05) is 16.1 Å². The Hall–Kier alpha value is -2.79. The van der Waals surface area contributed by atoms with Crippen LogP contribution in [0, 0.1) is 0 Å². The van der Waals surface area contributed by atoms with Crippen LogP contribution in [0.5, 0.6) is 11.5 Å². The SMILES string of the molecule is C=CCOc1ccc(Cl)cc1/C=N/NC(=O)c1ccc(OCCC)cc1. The second-order valence-corrected chi connectivity index (χ2v) is 5.79. The largest absolute Gasteiger partial charge is 0.494 e. The highest BCUT2D eigenvalue weighted by Crippen LogP contribution is 2.21. The van der Waals surface area contributed by atoms with Crippen LogP contribution in [0.15, 0.2) is 60.2 Å². The zero-order valence-corrected chi connectivity index (χ0v) is 15.3. The number of halogens is 1. The maximum Gasteiger partial charge on any atom is 0.271 e. The van der Waals surface area contributed by atoms with Gasteiger partial charge in [0.2, 0.25) is 0 Å². The highest BCUT2D eigenvalue weighted by molar-refractivity contribution is 6.30. The Balaban J connectivity index is 2.00. The topological polar surface area (TPSA) is 59.9 Å². The number of benzene rings is 2. The molecule has 0 heterocycles. The van der Waals surface area contributed by atoms with Crippen LogP contribution in [-0.2, 0) is 0 Å². The summed E-state index contributed by atoms with van der Waals surface area (Å²) in [5.41, 5.74) is 3.63. The summed E-state index contributed by atoms with van der Waals surface area (Å²) >= 11 is 6.00. The van der Waals surface area contributed by atoms with E-state index in [1.807, 2.05) is 6.92 Å². The molecule has 0 aromatic heterocycles. The minimum atomic E-state index is -0.320. The zero-order valence-electron chi connectivity index (χ0n) is 14.6. The number of hydrazone groups is 1. The quantitative estimate of drug-likeness (QED) is 0.401. The Bertz CT molecular complexity index is 773. The van der Waals surface area contributed by atoms with Gasteiger partial charge in [-0.15, -0.1) is 0 Å². The number of hydrogen-bond acceptors (Lipinski definition) is 4. The fourth-order valence-electron chi connectivity index (χ4n) is 2.05. The van der Waals surface area contributed by atoms with Crippen molar-refractivity contribution in [3.8, 4) is 11.5 Å². The van der Waals surface area contributed by atoms with Crippen LogP contribution in [0.2, 0.25) is 5.02 Å². The summed E-state index contributed by atoms with van der Waals surface area (Å²) < 4.78 is 11.0. The first kappa shape index (κ1) is 19.5. The highest BCUT2D eigenvalue weighted by atomic mass is 35.5. The van der Waals surface area contributed by atoms with Crippen molar-refractivity contribution in [2.75, 3.05) is 13.2 Å². The van der Waals surface area contributed by atoms with Crippen molar-refractivity contribution in [2.45, 2.75) is 13.3 Å². The molecule has 0 unspecified atom stereocenters. The van der Waals surface area contributed by atoms with E-state index in [1.165, 1.54) is 6.21 Å². The predicted molar refractivity (Wildman–Crippen MR) is 104 cm³/mol. The number of carbonyl (C=O) groups excluding carboxylic acids is 1. The van der Waals surface area contributed by atoms with Crippen molar-refractivity contribution >= 4 is 23.7 Å². The number of rotatable bonds is 9. The van der Waals surface area contributed by atoms with E-state index in [4.69, 9.17) is 21.1 Å². The molecule has 1 amide bonds. The molecule has 0 radical (unpaired) electrons. The molecule has 5 nitrogen and oxygen atoms in total. The second kappa shape index (κ2) is 10.3. The number of amides is 1. The van der Waals surface area contributed by atoms with Crippen molar-refractivity contribution in [2.24, 2.45) is 5.10 Å². The summed E-state index contributed by atoms with van der Waals surface area (Å²) in [6.45, 7) is 6.66.